The Bertz CT molecular complexity index is 835. The normalized spacial score (nSPS) is 11.0. The number of halogens is 3. The van der Waals surface area contributed by atoms with Gasteiger partial charge in [0.15, 0.2) is 5.69 Å². The number of nitrogen functional groups attached to an aromatic ring is 1. The van der Waals surface area contributed by atoms with Crippen LogP contribution in [0.15, 0.2) is 24.4 Å². The number of anilines is 1. The number of ether oxygens (including phenoxy) is 2. The Morgan fingerprint density at radius 1 is 1.33 bits per heavy atom. The van der Waals surface area contributed by atoms with Crippen molar-refractivity contribution < 1.29 is 27.4 Å². The Morgan fingerprint density at radius 3 is 2.50 bits per heavy atom. The fourth-order valence-electron chi connectivity index (χ4n) is 2.18. The minimum Gasteiger partial charge on any atom is -0.497 e. The average Bonchev–Trinajstić information content (AvgIpc) is 2.89. The number of aromatic nitrogens is 1. The van der Waals surface area contributed by atoms with Crippen LogP contribution in [0.2, 0.25) is 0 Å². The van der Waals surface area contributed by atoms with Crippen LogP contribution in [-0.4, -0.2) is 24.8 Å². The third kappa shape index (κ3) is 2.86. The third-order valence-electron chi connectivity index (χ3n) is 3.31. The number of hydrogen-bond donors (Lipinski definition) is 1. The van der Waals surface area contributed by atoms with Crippen molar-refractivity contribution in [1.29, 1.82) is 5.26 Å². The molecule has 0 atom stereocenters. The molecular weight excluding hydrogens is 327 g/mol. The van der Waals surface area contributed by atoms with E-state index in [2.05, 4.69) is 4.74 Å². The lowest BCUT2D eigenvalue weighted by Gasteiger charge is -2.16. The lowest BCUT2D eigenvalue weighted by molar-refractivity contribution is -0.137. The van der Waals surface area contributed by atoms with Crippen molar-refractivity contribution in [2.75, 3.05) is 20.0 Å². The first-order valence-electron chi connectivity index (χ1n) is 6.49. The maximum Gasteiger partial charge on any atom is 0.418 e. The van der Waals surface area contributed by atoms with Crippen LogP contribution in [-0.2, 0) is 10.9 Å². The standard InChI is InChI=1S/C15H12F3N3O3/c1-23-9-3-4-11(10(5-9)15(16,17)18)21-7-8(6-19)12(20)13(21)14(22)24-2/h3-5,7H,20H2,1-2H3. The van der Waals surface area contributed by atoms with Crippen LogP contribution in [0.3, 0.4) is 0 Å². The number of hydrogen-bond acceptors (Lipinski definition) is 5. The van der Waals surface area contributed by atoms with Crippen molar-refractivity contribution in [1.82, 2.24) is 4.57 Å². The summed E-state index contributed by atoms with van der Waals surface area (Å²) in [6, 6.07) is 4.94. The van der Waals surface area contributed by atoms with Gasteiger partial charge in [0.1, 0.15) is 11.8 Å². The number of alkyl halides is 3. The monoisotopic (exact) mass is 339 g/mol. The molecular formula is C15H12F3N3O3. The van der Waals surface area contributed by atoms with Gasteiger partial charge in [-0.2, -0.15) is 18.4 Å². The minimum absolute atomic E-state index is 0.00803. The smallest absolute Gasteiger partial charge is 0.418 e. The molecule has 2 aromatic rings. The first-order valence-corrected chi connectivity index (χ1v) is 6.49. The molecule has 2 rings (SSSR count). The van der Waals surface area contributed by atoms with Crippen molar-refractivity contribution in [2.24, 2.45) is 0 Å². The summed E-state index contributed by atoms with van der Waals surface area (Å²) in [5.74, 6) is -0.968. The zero-order chi connectivity index (χ0) is 18.1. The first-order chi connectivity index (χ1) is 11.2. The molecule has 0 fully saturated rings. The van der Waals surface area contributed by atoms with Gasteiger partial charge in [0, 0.05) is 6.20 Å². The third-order valence-corrected chi connectivity index (χ3v) is 3.31. The predicted molar refractivity (Wildman–Crippen MR) is 77.8 cm³/mol. The van der Waals surface area contributed by atoms with Gasteiger partial charge in [-0.15, -0.1) is 0 Å². The molecule has 0 saturated carbocycles. The van der Waals surface area contributed by atoms with E-state index < -0.39 is 17.7 Å². The highest BCUT2D eigenvalue weighted by Gasteiger charge is 2.36. The van der Waals surface area contributed by atoms with E-state index in [0.29, 0.717) is 0 Å². The maximum atomic E-state index is 13.4. The first kappa shape index (κ1) is 17.2. The number of benzene rings is 1. The molecule has 1 heterocycles. The van der Waals surface area contributed by atoms with Gasteiger partial charge in [0.2, 0.25) is 0 Å². The zero-order valence-electron chi connectivity index (χ0n) is 12.6. The van der Waals surface area contributed by atoms with Gasteiger partial charge in [-0.05, 0) is 18.2 Å². The summed E-state index contributed by atoms with van der Waals surface area (Å²) in [5.41, 5.74) is 3.51. The van der Waals surface area contributed by atoms with E-state index in [1.165, 1.54) is 13.2 Å². The summed E-state index contributed by atoms with van der Waals surface area (Å²) in [6.45, 7) is 0. The van der Waals surface area contributed by atoms with Crippen molar-refractivity contribution in [2.45, 2.75) is 6.18 Å². The predicted octanol–water partition coefficient (Wildman–Crippen LogP) is 2.75. The fraction of sp³-hybridized carbons (Fsp3) is 0.200. The Labute approximate surface area is 134 Å². The molecule has 9 heteroatoms. The summed E-state index contributed by atoms with van der Waals surface area (Å²) < 4.78 is 50.4. The summed E-state index contributed by atoms with van der Waals surface area (Å²) >= 11 is 0. The van der Waals surface area contributed by atoms with Gasteiger partial charge in [0.25, 0.3) is 0 Å². The van der Waals surface area contributed by atoms with Crippen molar-refractivity contribution in [3.05, 3.63) is 41.2 Å². The number of nitriles is 1. The van der Waals surface area contributed by atoms with Crippen molar-refractivity contribution >= 4 is 11.7 Å². The fourth-order valence-corrected chi connectivity index (χ4v) is 2.18. The van der Waals surface area contributed by atoms with Gasteiger partial charge in [-0.3, -0.25) is 0 Å². The second kappa shape index (κ2) is 6.16. The van der Waals surface area contributed by atoms with E-state index in [4.69, 9.17) is 15.7 Å². The Morgan fingerprint density at radius 2 is 2.00 bits per heavy atom. The SMILES string of the molecule is COC(=O)c1c(N)c(C#N)cn1-c1ccc(OC)cc1C(F)(F)F. The van der Waals surface area contributed by atoms with Crippen LogP contribution < -0.4 is 10.5 Å². The summed E-state index contributed by atoms with van der Waals surface area (Å²) in [5, 5.41) is 9.03. The molecule has 126 valence electrons. The van der Waals surface area contributed by atoms with E-state index in [1.54, 1.807) is 6.07 Å². The highest BCUT2D eigenvalue weighted by Crippen LogP contribution is 2.38. The molecule has 2 N–H and O–H groups in total. The van der Waals surface area contributed by atoms with Gasteiger partial charge in [-0.25, -0.2) is 4.79 Å². The van der Waals surface area contributed by atoms with Crippen molar-refractivity contribution in [3.63, 3.8) is 0 Å². The van der Waals surface area contributed by atoms with E-state index in [-0.39, 0.29) is 28.4 Å². The highest BCUT2D eigenvalue weighted by atomic mass is 19.4. The molecule has 0 unspecified atom stereocenters. The topological polar surface area (TPSA) is 90.3 Å². The van der Waals surface area contributed by atoms with Crippen molar-refractivity contribution in [3.8, 4) is 17.5 Å². The highest BCUT2D eigenvalue weighted by molar-refractivity contribution is 5.96. The van der Waals surface area contributed by atoms with E-state index in [1.807, 2.05) is 0 Å². The molecule has 0 aliphatic rings. The van der Waals surface area contributed by atoms with Crippen LogP contribution in [0.4, 0.5) is 18.9 Å². The van der Waals surface area contributed by atoms with Crippen LogP contribution in [0.5, 0.6) is 5.75 Å². The lowest BCUT2D eigenvalue weighted by Crippen LogP contribution is -2.15. The number of methoxy groups -OCH3 is 2. The summed E-state index contributed by atoms with van der Waals surface area (Å²) in [6.07, 6.45) is -3.66. The van der Waals surface area contributed by atoms with Crippen LogP contribution in [0.1, 0.15) is 21.6 Å². The number of carbonyl (C=O) groups is 1. The second-order valence-electron chi connectivity index (χ2n) is 4.66. The molecule has 0 spiro atoms. The molecule has 0 saturated heterocycles. The number of esters is 1. The quantitative estimate of drug-likeness (QED) is 0.869. The largest absolute Gasteiger partial charge is 0.497 e. The van der Waals surface area contributed by atoms with Gasteiger partial charge in [0.05, 0.1) is 36.7 Å². The number of nitrogens with two attached hydrogens (primary N) is 1. The van der Waals surface area contributed by atoms with Gasteiger partial charge < -0.3 is 19.8 Å². The lowest BCUT2D eigenvalue weighted by atomic mass is 10.1. The molecule has 0 amide bonds. The van der Waals surface area contributed by atoms with Gasteiger partial charge in [-0.1, -0.05) is 0 Å². The van der Waals surface area contributed by atoms with Crippen LogP contribution >= 0.6 is 0 Å². The molecule has 1 aromatic heterocycles. The number of rotatable bonds is 3. The summed E-state index contributed by atoms with van der Waals surface area (Å²) in [4.78, 5) is 11.9. The number of carbonyl (C=O) groups excluding carboxylic acids is 1. The summed E-state index contributed by atoms with van der Waals surface area (Å²) in [7, 11) is 2.29. The molecule has 0 aliphatic carbocycles. The molecule has 24 heavy (non-hydrogen) atoms. The Hall–Kier alpha value is -3.15. The Balaban J connectivity index is 2.82. The molecule has 0 radical (unpaired) electrons. The molecule has 0 bridgehead atoms. The molecule has 6 nitrogen and oxygen atoms in total. The van der Waals surface area contributed by atoms with E-state index in [9.17, 15) is 18.0 Å². The van der Waals surface area contributed by atoms with E-state index in [0.717, 1.165) is 30.0 Å². The molecule has 1 aromatic carbocycles. The maximum absolute atomic E-state index is 13.4. The Kier molecular flexibility index (Phi) is 4.41. The molecule has 0 aliphatic heterocycles. The zero-order valence-corrected chi connectivity index (χ0v) is 12.6. The second-order valence-corrected chi connectivity index (χ2v) is 4.66. The van der Waals surface area contributed by atoms with Crippen LogP contribution in [0.25, 0.3) is 5.69 Å². The number of nitrogens with zero attached hydrogens (tertiary/aromatic N) is 2. The van der Waals surface area contributed by atoms with Crippen LogP contribution in [0, 0.1) is 11.3 Å². The van der Waals surface area contributed by atoms with E-state index >= 15 is 0 Å². The van der Waals surface area contributed by atoms with Gasteiger partial charge >= 0.3 is 12.1 Å². The minimum atomic E-state index is -4.72. The average molecular weight is 339 g/mol.